The first-order valence-corrected chi connectivity index (χ1v) is 9.20. The number of aliphatic hydroxyl groups excluding tert-OH is 1. The maximum atomic E-state index is 12.3. The average molecular weight is 350 g/mol. The van der Waals surface area contributed by atoms with Crippen LogP contribution in [0.5, 0.6) is 11.5 Å². The highest BCUT2D eigenvalue weighted by Crippen LogP contribution is 2.59. The van der Waals surface area contributed by atoms with E-state index in [1.54, 1.807) is 18.2 Å². The maximum absolute atomic E-state index is 12.3. The molecule has 5 rings (SSSR count). The molecule has 2 aromatic carbocycles. The lowest BCUT2D eigenvalue weighted by atomic mass is 9.76. The average Bonchev–Trinajstić information content (AvgIpc) is 2.95. The molecular formula is C22H22O4. The number of aliphatic hydroxyl groups is 1. The Kier molecular flexibility index (Phi) is 3.88. The fourth-order valence-electron chi connectivity index (χ4n) is 4.70. The highest BCUT2D eigenvalue weighted by atomic mass is 16.3. The lowest BCUT2D eigenvalue weighted by Gasteiger charge is -2.30. The molecule has 4 nitrogen and oxygen atoms in total. The van der Waals surface area contributed by atoms with E-state index in [0.717, 1.165) is 27.8 Å². The first-order chi connectivity index (χ1) is 12.6. The van der Waals surface area contributed by atoms with Crippen molar-refractivity contribution in [3.8, 4) is 11.5 Å². The fourth-order valence-corrected chi connectivity index (χ4v) is 4.70. The molecule has 26 heavy (non-hydrogen) atoms. The molecular weight excluding hydrogens is 328 g/mol. The molecule has 0 heterocycles. The van der Waals surface area contributed by atoms with Crippen LogP contribution < -0.4 is 0 Å². The largest absolute Gasteiger partial charge is 0.508 e. The molecule has 0 bridgehead atoms. The second kappa shape index (κ2) is 5.99. The molecule has 0 saturated carbocycles. The van der Waals surface area contributed by atoms with Crippen molar-refractivity contribution in [2.45, 2.75) is 45.1 Å². The number of aromatic hydroxyl groups is 2. The molecule has 0 aliphatic heterocycles. The van der Waals surface area contributed by atoms with Crippen LogP contribution in [0.1, 0.15) is 77.7 Å². The summed E-state index contributed by atoms with van der Waals surface area (Å²) < 4.78 is 0. The number of carbonyl (C=O) groups excluding carboxylic acids is 1. The monoisotopic (exact) mass is 350 g/mol. The van der Waals surface area contributed by atoms with Crippen molar-refractivity contribution in [3.05, 3.63) is 58.1 Å². The van der Waals surface area contributed by atoms with E-state index in [0.29, 0.717) is 30.4 Å². The van der Waals surface area contributed by atoms with E-state index in [2.05, 4.69) is 0 Å². The minimum atomic E-state index is -0.740. The molecule has 0 radical (unpaired) electrons. The number of hydrogen-bond acceptors (Lipinski definition) is 4. The Labute approximate surface area is 152 Å². The molecule has 3 aliphatic carbocycles. The van der Waals surface area contributed by atoms with E-state index in [-0.39, 0.29) is 23.2 Å². The van der Waals surface area contributed by atoms with Crippen LogP contribution in [0.2, 0.25) is 0 Å². The van der Waals surface area contributed by atoms with Crippen molar-refractivity contribution < 1.29 is 20.1 Å². The van der Waals surface area contributed by atoms with Gasteiger partial charge < -0.3 is 15.3 Å². The molecule has 0 amide bonds. The smallest absolute Gasteiger partial charge is 0.167 e. The molecule has 0 fully saturated rings. The third-order valence-corrected chi connectivity index (χ3v) is 5.61. The molecule has 2 aromatic rings. The standard InChI is InChI=1S/C20H16O4.C2H6/c21-13-3-1-2-10-17-11-5-7-15(23)20-14(22)6-4-9(18(11)20)12(17)8-16(24)19(10)13;1-2/h1-4,6,12,16,21-22,24H,5,7-8H2;1-2H3/t12-,16+;/m0./s1. The van der Waals surface area contributed by atoms with Gasteiger partial charge in [0.2, 0.25) is 0 Å². The molecule has 0 unspecified atom stereocenters. The van der Waals surface area contributed by atoms with E-state index in [4.69, 9.17) is 0 Å². The molecule has 0 spiro atoms. The summed E-state index contributed by atoms with van der Waals surface area (Å²) in [6.45, 7) is 4.00. The van der Waals surface area contributed by atoms with Gasteiger partial charge >= 0.3 is 0 Å². The Morgan fingerprint density at radius 2 is 1.73 bits per heavy atom. The van der Waals surface area contributed by atoms with Gasteiger partial charge in [0.05, 0.1) is 11.7 Å². The van der Waals surface area contributed by atoms with E-state index in [1.165, 1.54) is 0 Å². The highest BCUT2D eigenvalue weighted by Gasteiger charge is 2.43. The van der Waals surface area contributed by atoms with Crippen LogP contribution in [0.25, 0.3) is 11.1 Å². The van der Waals surface area contributed by atoms with Crippen LogP contribution in [-0.2, 0) is 0 Å². The van der Waals surface area contributed by atoms with Gasteiger partial charge in [0.15, 0.2) is 5.78 Å². The predicted molar refractivity (Wildman–Crippen MR) is 100 cm³/mol. The zero-order valence-electron chi connectivity index (χ0n) is 14.9. The normalized spacial score (nSPS) is 22.2. The van der Waals surface area contributed by atoms with E-state index >= 15 is 0 Å². The van der Waals surface area contributed by atoms with Gasteiger partial charge in [-0.25, -0.2) is 0 Å². The minimum absolute atomic E-state index is 0.00421. The summed E-state index contributed by atoms with van der Waals surface area (Å²) in [7, 11) is 0. The van der Waals surface area contributed by atoms with Crippen LogP contribution in [-0.4, -0.2) is 21.1 Å². The Bertz CT molecular complexity index is 955. The molecule has 0 aromatic heterocycles. The summed E-state index contributed by atoms with van der Waals surface area (Å²) in [4.78, 5) is 12.3. The zero-order chi connectivity index (χ0) is 18.6. The van der Waals surface area contributed by atoms with E-state index < -0.39 is 6.10 Å². The second-order valence-corrected chi connectivity index (χ2v) is 6.78. The number of rotatable bonds is 0. The molecule has 3 aliphatic rings. The number of Topliss-reactive ketones (excluding diaryl/α,β-unsaturated/α-hetero) is 1. The summed E-state index contributed by atoms with van der Waals surface area (Å²) in [5, 5.41) is 31.0. The number of phenolic OH excluding ortho intramolecular Hbond substituents is 2. The van der Waals surface area contributed by atoms with Gasteiger partial charge in [-0.3, -0.25) is 4.79 Å². The third-order valence-electron chi connectivity index (χ3n) is 5.61. The first kappa shape index (κ1) is 16.9. The molecule has 4 heteroatoms. The van der Waals surface area contributed by atoms with Gasteiger partial charge in [0, 0.05) is 17.9 Å². The highest BCUT2D eigenvalue weighted by molar-refractivity contribution is 6.13. The van der Waals surface area contributed by atoms with Crippen molar-refractivity contribution in [3.63, 3.8) is 0 Å². The second-order valence-electron chi connectivity index (χ2n) is 6.78. The van der Waals surface area contributed by atoms with Crippen LogP contribution >= 0.6 is 0 Å². The predicted octanol–water partition coefficient (Wildman–Crippen LogP) is 4.55. The van der Waals surface area contributed by atoms with Crippen molar-refractivity contribution in [1.29, 1.82) is 0 Å². The van der Waals surface area contributed by atoms with Crippen LogP contribution in [0.4, 0.5) is 0 Å². The van der Waals surface area contributed by atoms with Crippen molar-refractivity contribution in [1.82, 2.24) is 0 Å². The van der Waals surface area contributed by atoms with Gasteiger partial charge in [-0.15, -0.1) is 0 Å². The first-order valence-electron chi connectivity index (χ1n) is 9.20. The topological polar surface area (TPSA) is 77.8 Å². The Hall–Kier alpha value is -2.59. The number of carbonyl (C=O) groups is 1. The van der Waals surface area contributed by atoms with Gasteiger partial charge in [-0.1, -0.05) is 32.0 Å². The Morgan fingerprint density at radius 3 is 2.50 bits per heavy atom. The molecule has 134 valence electrons. The summed E-state index contributed by atoms with van der Waals surface area (Å²) in [5.74, 6) is 0.123. The van der Waals surface area contributed by atoms with E-state index in [1.807, 2.05) is 26.0 Å². The quantitative estimate of drug-likeness (QED) is 0.651. The van der Waals surface area contributed by atoms with Crippen molar-refractivity contribution in [2.75, 3.05) is 0 Å². The number of fused-ring (bicyclic) bond motifs is 4. The minimum Gasteiger partial charge on any atom is -0.508 e. The lowest BCUT2D eigenvalue weighted by molar-refractivity contribution is 0.0978. The number of ketones is 1. The Morgan fingerprint density at radius 1 is 0.962 bits per heavy atom. The summed E-state index contributed by atoms with van der Waals surface area (Å²) >= 11 is 0. The summed E-state index contributed by atoms with van der Waals surface area (Å²) in [6.07, 6.45) is 0.760. The fraction of sp³-hybridized carbons (Fsp3) is 0.318. The zero-order valence-corrected chi connectivity index (χ0v) is 14.9. The van der Waals surface area contributed by atoms with Gasteiger partial charge in [-0.05, 0) is 52.8 Å². The van der Waals surface area contributed by atoms with Crippen LogP contribution in [0.15, 0.2) is 30.3 Å². The lowest BCUT2D eigenvalue weighted by Crippen LogP contribution is -2.15. The van der Waals surface area contributed by atoms with Crippen LogP contribution in [0.3, 0.4) is 0 Å². The van der Waals surface area contributed by atoms with Gasteiger partial charge in [-0.2, -0.15) is 0 Å². The van der Waals surface area contributed by atoms with Crippen molar-refractivity contribution in [2.24, 2.45) is 0 Å². The number of hydrogen-bond donors (Lipinski definition) is 3. The summed E-state index contributed by atoms with van der Waals surface area (Å²) in [6, 6.07) is 8.76. The number of benzene rings is 2. The van der Waals surface area contributed by atoms with Gasteiger partial charge in [0.25, 0.3) is 0 Å². The Balaban J connectivity index is 0.000000814. The van der Waals surface area contributed by atoms with Crippen LogP contribution in [0, 0.1) is 0 Å². The molecule has 3 N–H and O–H groups in total. The van der Waals surface area contributed by atoms with E-state index in [9.17, 15) is 20.1 Å². The van der Waals surface area contributed by atoms with Crippen molar-refractivity contribution >= 4 is 16.9 Å². The molecule has 0 saturated heterocycles. The van der Waals surface area contributed by atoms with Gasteiger partial charge in [0.1, 0.15) is 11.5 Å². The number of phenols is 2. The summed E-state index contributed by atoms with van der Waals surface area (Å²) in [5.41, 5.74) is 5.91. The third kappa shape index (κ3) is 2.08. The number of allylic oxidation sites excluding steroid dienone is 2. The maximum Gasteiger partial charge on any atom is 0.167 e. The molecule has 2 atom stereocenters. The SMILES string of the molecule is CC.O=C1CCC2=C3c4cccc(O)c4[C@H](O)C[C@H]3c3ccc(O)c1c32.